The van der Waals surface area contributed by atoms with Gasteiger partial charge >= 0.3 is 11.5 Å². The standard InChI is InChI=1S/C12H12F3NO4S2/c13-12(14,15)21-8-3-5-9(6-4-8)22(19,20)16-7-1-2-10(16)11(17)18/h3-6,10H,1-2,7H2,(H,17,18)/t10-/m1/s1. The van der Waals surface area contributed by atoms with Crippen molar-refractivity contribution in [2.45, 2.75) is 34.2 Å². The number of aliphatic carboxylic acids is 1. The topological polar surface area (TPSA) is 74.7 Å². The molecule has 0 spiro atoms. The van der Waals surface area contributed by atoms with Gasteiger partial charge in [0.1, 0.15) is 6.04 Å². The van der Waals surface area contributed by atoms with Gasteiger partial charge in [0.2, 0.25) is 10.0 Å². The smallest absolute Gasteiger partial charge is 0.446 e. The summed E-state index contributed by atoms with van der Waals surface area (Å²) in [6, 6.07) is 3.09. The fraction of sp³-hybridized carbons (Fsp3) is 0.417. The number of hydrogen-bond donors (Lipinski definition) is 1. The molecular formula is C12H12F3NO4S2. The second-order valence-corrected chi connectivity index (χ2v) is 7.66. The number of carboxylic acid groups (broad SMARTS) is 1. The van der Waals surface area contributed by atoms with Gasteiger partial charge in [-0.25, -0.2) is 8.42 Å². The van der Waals surface area contributed by atoms with Gasteiger partial charge in [-0.2, -0.15) is 17.5 Å². The van der Waals surface area contributed by atoms with E-state index >= 15 is 0 Å². The van der Waals surface area contributed by atoms with Crippen molar-refractivity contribution in [2.75, 3.05) is 6.54 Å². The van der Waals surface area contributed by atoms with Gasteiger partial charge < -0.3 is 5.11 Å². The highest BCUT2D eigenvalue weighted by molar-refractivity contribution is 8.00. The summed E-state index contributed by atoms with van der Waals surface area (Å²) in [6.45, 7) is 0.0817. The second-order valence-electron chi connectivity index (χ2n) is 4.63. The van der Waals surface area contributed by atoms with Gasteiger partial charge in [0, 0.05) is 11.4 Å². The Morgan fingerprint density at radius 1 is 1.27 bits per heavy atom. The molecule has 1 aliphatic heterocycles. The zero-order valence-electron chi connectivity index (χ0n) is 11.1. The lowest BCUT2D eigenvalue weighted by Crippen LogP contribution is -2.40. The number of rotatable bonds is 4. The number of carbonyl (C=O) groups is 1. The van der Waals surface area contributed by atoms with Crippen LogP contribution in [0.25, 0.3) is 0 Å². The lowest BCUT2D eigenvalue weighted by molar-refractivity contribution is -0.140. The number of nitrogens with zero attached hydrogens (tertiary/aromatic N) is 1. The molecule has 1 aromatic rings. The summed E-state index contributed by atoms with van der Waals surface area (Å²) in [4.78, 5) is 10.7. The molecule has 1 heterocycles. The molecule has 0 unspecified atom stereocenters. The average molecular weight is 355 g/mol. The summed E-state index contributed by atoms with van der Waals surface area (Å²) in [7, 11) is -4.03. The predicted octanol–water partition coefficient (Wildman–Crippen LogP) is 2.54. The third kappa shape index (κ3) is 3.73. The fourth-order valence-electron chi connectivity index (χ4n) is 2.22. The predicted molar refractivity (Wildman–Crippen MR) is 72.9 cm³/mol. The van der Waals surface area contributed by atoms with Crippen LogP contribution in [-0.2, 0) is 14.8 Å². The summed E-state index contributed by atoms with van der Waals surface area (Å²) in [6.07, 6.45) is 0.648. The Morgan fingerprint density at radius 2 is 1.86 bits per heavy atom. The summed E-state index contributed by atoms with van der Waals surface area (Å²) in [5.41, 5.74) is -4.45. The van der Waals surface area contributed by atoms with Gasteiger partial charge in [-0.15, -0.1) is 0 Å². The summed E-state index contributed by atoms with van der Waals surface area (Å²) in [5.74, 6) is -1.23. The molecule has 2 rings (SSSR count). The molecule has 22 heavy (non-hydrogen) atoms. The molecule has 1 aromatic carbocycles. The van der Waals surface area contributed by atoms with Crippen LogP contribution in [0, 0.1) is 0 Å². The SMILES string of the molecule is O=C(O)[C@H]1CCCN1S(=O)(=O)c1ccc(SC(F)(F)F)cc1. The van der Waals surface area contributed by atoms with Crippen LogP contribution in [0.5, 0.6) is 0 Å². The molecule has 0 aliphatic carbocycles. The maximum absolute atomic E-state index is 12.4. The van der Waals surface area contributed by atoms with E-state index in [-0.39, 0.29) is 34.5 Å². The molecular weight excluding hydrogens is 343 g/mol. The second kappa shape index (κ2) is 6.09. The van der Waals surface area contributed by atoms with Gasteiger partial charge in [0.25, 0.3) is 0 Å². The van der Waals surface area contributed by atoms with Crippen molar-refractivity contribution in [2.24, 2.45) is 0 Å². The first-order valence-electron chi connectivity index (χ1n) is 6.22. The van der Waals surface area contributed by atoms with Gasteiger partial charge in [-0.05, 0) is 48.9 Å². The summed E-state index contributed by atoms with van der Waals surface area (Å²) < 4.78 is 62.3. The Kier molecular flexibility index (Phi) is 4.73. The van der Waals surface area contributed by atoms with E-state index in [1.807, 2.05) is 0 Å². The lowest BCUT2D eigenvalue weighted by atomic mass is 10.2. The van der Waals surface area contributed by atoms with Crippen LogP contribution >= 0.6 is 11.8 Å². The molecule has 1 saturated heterocycles. The number of hydrogen-bond acceptors (Lipinski definition) is 4. The minimum absolute atomic E-state index is 0.0817. The number of halogens is 3. The zero-order valence-corrected chi connectivity index (χ0v) is 12.7. The van der Waals surface area contributed by atoms with Crippen LogP contribution in [0.4, 0.5) is 13.2 Å². The molecule has 1 fully saturated rings. The van der Waals surface area contributed by atoms with Crippen LogP contribution in [0.15, 0.2) is 34.1 Å². The van der Waals surface area contributed by atoms with E-state index < -0.39 is 27.5 Å². The van der Waals surface area contributed by atoms with Crippen LogP contribution in [0.3, 0.4) is 0 Å². The monoisotopic (exact) mass is 355 g/mol. The molecule has 0 bridgehead atoms. The van der Waals surface area contributed by atoms with E-state index in [9.17, 15) is 26.4 Å². The van der Waals surface area contributed by atoms with Crippen molar-refractivity contribution in [1.82, 2.24) is 4.31 Å². The molecule has 0 saturated carbocycles. The molecule has 122 valence electrons. The lowest BCUT2D eigenvalue weighted by Gasteiger charge is -2.21. The number of alkyl halides is 3. The Morgan fingerprint density at radius 3 is 2.36 bits per heavy atom. The van der Waals surface area contributed by atoms with Crippen molar-refractivity contribution in [1.29, 1.82) is 0 Å². The molecule has 1 N–H and O–H groups in total. The Labute approximate surface area is 129 Å². The Hall–Kier alpha value is -1.26. The summed E-state index contributed by atoms with van der Waals surface area (Å²) in [5, 5.41) is 9.03. The third-order valence-corrected chi connectivity index (χ3v) is 5.81. The minimum Gasteiger partial charge on any atom is -0.480 e. The highest BCUT2D eigenvalue weighted by Gasteiger charge is 2.39. The average Bonchev–Trinajstić information content (AvgIpc) is 2.87. The van der Waals surface area contributed by atoms with E-state index in [0.717, 1.165) is 28.6 Å². The third-order valence-electron chi connectivity index (χ3n) is 3.15. The largest absolute Gasteiger partial charge is 0.480 e. The van der Waals surface area contributed by atoms with E-state index in [4.69, 9.17) is 5.11 Å². The number of sulfonamides is 1. The molecule has 0 aromatic heterocycles. The minimum atomic E-state index is -4.45. The fourth-order valence-corrected chi connectivity index (χ4v) is 4.41. The Balaban J connectivity index is 2.25. The highest BCUT2D eigenvalue weighted by atomic mass is 32.2. The van der Waals surface area contributed by atoms with Crippen LogP contribution in [0.2, 0.25) is 0 Å². The Bertz CT molecular complexity index is 658. The van der Waals surface area contributed by atoms with Crippen molar-refractivity contribution in [3.63, 3.8) is 0 Å². The van der Waals surface area contributed by atoms with Crippen molar-refractivity contribution in [3.8, 4) is 0 Å². The maximum atomic E-state index is 12.4. The van der Waals surface area contributed by atoms with Gasteiger partial charge in [0.15, 0.2) is 0 Å². The normalized spacial score (nSPS) is 20.2. The maximum Gasteiger partial charge on any atom is 0.446 e. The first kappa shape index (κ1) is 17.1. The number of benzene rings is 1. The van der Waals surface area contributed by atoms with Crippen LogP contribution in [0.1, 0.15) is 12.8 Å². The van der Waals surface area contributed by atoms with Gasteiger partial charge in [0.05, 0.1) is 4.90 Å². The van der Waals surface area contributed by atoms with Crippen molar-refractivity contribution < 1.29 is 31.5 Å². The van der Waals surface area contributed by atoms with Crippen LogP contribution in [-0.4, -0.2) is 41.9 Å². The first-order valence-corrected chi connectivity index (χ1v) is 8.47. The molecule has 10 heteroatoms. The molecule has 1 atom stereocenters. The molecule has 0 radical (unpaired) electrons. The van der Waals surface area contributed by atoms with Gasteiger partial charge in [-0.1, -0.05) is 0 Å². The van der Waals surface area contributed by atoms with Gasteiger partial charge in [-0.3, -0.25) is 4.79 Å². The van der Waals surface area contributed by atoms with E-state index in [0.29, 0.717) is 6.42 Å². The van der Waals surface area contributed by atoms with E-state index in [1.54, 1.807) is 0 Å². The quantitative estimate of drug-likeness (QED) is 0.840. The molecule has 1 aliphatic rings. The first-order chi connectivity index (χ1) is 10.1. The van der Waals surface area contributed by atoms with Crippen LogP contribution < -0.4 is 0 Å². The van der Waals surface area contributed by atoms with Crippen molar-refractivity contribution in [3.05, 3.63) is 24.3 Å². The van der Waals surface area contributed by atoms with Crippen molar-refractivity contribution >= 4 is 27.8 Å². The summed E-state index contributed by atoms with van der Waals surface area (Å²) >= 11 is -0.345. The molecule has 0 amide bonds. The number of carboxylic acids is 1. The zero-order chi connectivity index (χ0) is 16.5. The van der Waals surface area contributed by atoms with E-state index in [1.165, 1.54) is 0 Å². The van der Waals surface area contributed by atoms with E-state index in [2.05, 4.69) is 0 Å². The number of thioether (sulfide) groups is 1. The molecule has 5 nitrogen and oxygen atoms in total. The highest BCUT2D eigenvalue weighted by Crippen LogP contribution is 2.37.